The predicted octanol–water partition coefficient (Wildman–Crippen LogP) is 6.55. The molecule has 0 N–H and O–H groups in total. The summed E-state index contributed by atoms with van der Waals surface area (Å²) in [5, 5.41) is -0.993. The first-order valence-electron chi connectivity index (χ1n) is 12.0. The largest absolute Gasteiger partial charge is 0.293 e. The van der Waals surface area contributed by atoms with Gasteiger partial charge in [0, 0.05) is 0 Å². The van der Waals surface area contributed by atoms with E-state index in [4.69, 9.17) is 0 Å². The van der Waals surface area contributed by atoms with Crippen molar-refractivity contribution in [2.24, 2.45) is 29.1 Å². The van der Waals surface area contributed by atoms with Gasteiger partial charge < -0.3 is 0 Å². The highest BCUT2D eigenvalue weighted by Crippen LogP contribution is 2.54. The summed E-state index contributed by atoms with van der Waals surface area (Å²) >= 11 is 0. The Bertz CT molecular complexity index is 926. The van der Waals surface area contributed by atoms with Crippen molar-refractivity contribution < 1.29 is 13.2 Å². The second kappa shape index (κ2) is 9.21. The van der Waals surface area contributed by atoms with Crippen LogP contribution in [-0.4, -0.2) is 19.5 Å². The Kier molecular flexibility index (Phi) is 7.20. The van der Waals surface area contributed by atoms with Crippen LogP contribution in [0.1, 0.15) is 78.7 Å². The van der Waals surface area contributed by atoms with Crippen LogP contribution < -0.4 is 0 Å². The Balaban J connectivity index is 1.96. The third-order valence-electron chi connectivity index (χ3n) is 8.18. The molecule has 1 saturated carbocycles. The van der Waals surface area contributed by atoms with Crippen molar-refractivity contribution in [2.45, 2.75) is 90.2 Å². The van der Waals surface area contributed by atoms with Crippen LogP contribution in [0.2, 0.25) is 0 Å². The number of benzene rings is 1. The van der Waals surface area contributed by atoms with Gasteiger partial charge in [-0.2, -0.15) is 0 Å². The Morgan fingerprint density at radius 2 is 1.68 bits per heavy atom. The van der Waals surface area contributed by atoms with Gasteiger partial charge in [0.1, 0.15) is 5.25 Å². The fourth-order valence-electron chi connectivity index (χ4n) is 5.97. The van der Waals surface area contributed by atoms with Gasteiger partial charge in [-0.1, -0.05) is 57.9 Å². The number of Topliss-reactive ketones (excluding diaryl/α,β-unsaturated/α-hetero) is 1. The fourth-order valence-corrected chi connectivity index (χ4v) is 7.86. The molecule has 0 aliphatic heterocycles. The summed E-state index contributed by atoms with van der Waals surface area (Å²) in [6.45, 7) is 12.9. The molecule has 0 amide bonds. The van der Waals surface area contributed by atoms with Gasteiger partial charge in [0.15, 0.2) is 15.6 Å². The van der Waals surface area contributed by atoms with E-state index in [2.05, 4.69) is 27.7 Å². The van der Waals surface area contributed by atoms with Crippen LogP contribution in [0.5, 0.6) is 0 Å². The molecule has 3 rings (SSSR count). The van der Waals surface area contributed by atoms with Crippen LogP contribution in [-0.2, 0) is 14.6 Å². The first kappa shape index (κ1) is 24.2. The number of aryl methyl sites for hydroxylation is 1. The van der Waals surface area contributed by atoms with Gasteiger partial charge in [-0.05, 0) is 92.7 Å². The number of hydrogen-bond acceptors (Lipinski definition) is 3. The number of hydrogen-bond donors (Lipinski definition) is 0. The normalized spacial score (nSPS) is 34.7. The summed E-state index contributed by atoms with van der Waals surface area (Å²) in [6, 6.07) is 6.91. The van der Waals surface area contributed by atoms with Crippen LogP contribution in [0.15, 0.2) is 40.8 Å². The van der Waals surface area contributed by atoms with Gasteiger partial charge in [0.2, 0.25) is 0 Å². The van der Waals surface area contributed by atoms with Gasteiger partial charge in [0.25, 0.3) is 0 Å². The Morgan fingerprint density at radius 1 is 1.03 bits per heavy atom. The lowest BCUT2D eigenvalue weighted by molar-refractivity contribution is -0.115. The number of carbonyl (C=O) groups is 1. The first-order valence-corrected chi connectivity index (χ1v) is 13.5. The zero-order valence-electron chi connectivity index (χ0n) is 20.1. The molecule has 1 fully saturated rings. The van der Waals surface area contributed by atoms with Crippen molar-refractivity contribution in [2.75, 3.05) is 0 Å². The van der Waals surface area contributed by atoms with E-state index in [-0.39, 0.29) is 22.0 Å². The van der Waals surface area contributed by atoms with E-state index in [1.54, 1.807) is 12.1 Å². The van der Waals surface area contributed by atoms with Crippen molar-refractivity contribution in [3.63, 3.8) is 0 Å². The molecule has 172 valence electrons. The number of sulfone groups is 1. The number of carbonyl (C=O) groups excluding carboxylic acids is 1. The summed E-state index contributed by atoms with van der Waals surface area (Å²) in [7, 11) is -3.72. The predicted molar refractivity (Wildman–Crippen MR) is 128 cm³/mol. The summed E-state index contributed by atoms with van der Waals surface area (Å²) in [5.74, 6) is 1.99. The molecule has 0 saturated heterocycles. The van der Waals surface area contributed by atoms with Gasteiger partial charge in [0.05, 0.1) is 4.90 Å². The third kappa shape index (κ3) is 4.99. The molecule has 3 nitrogen and oxygen atoms in total. The topological polar surface area (TPSA) is 51.2 Å². The van der Waals surface area contributed by atoms with E-state index < -0.39 is 15.1 Å². The standard InChI is InChI=1S/C27H40O3S/c1-18(2)23-14-16-27(6)15-13-21(5)26(28)25(17-20(4)9-12-24(23)27)31(29,30)22-10-7-19(3)8-11-22/h7-8,10-11,13,18,20,23-25H,9,12,14-17H2,1-6H3/b21-13+/t20-,23+,24-,25-,27-/m0/s1. The maximum absolute atomic E-state index is 13.5. The van der Waals surface area contributed by atoms with E-state index in [1.807, 2.05) is 32.1 Å². The minimum Gasteiger partial charge on any atom is -0.293 e. The smallest absolute Gasteiger partial charge is 0.188 e. The summed E-state index contributed by atoms with van der Waals surface area (Å²) in [4.78, 5) is 13.7. The molecule has 1 aromatic carbocycles. The molecule has 0 heterocycles. The first-order chi connectivity index (χ1) is 14.5. The monoisotopic (exact) mass is 444 g/mol. The lowest BCUT2D eigenvalue weighted by atomic mass is 9.69. The van der Waals surface area contributed by atoms with Gasteiger partial charge in [-0.25, -0.2) is 8.42 Å². The molecule has 31 heavy (non-hydrogen) atoms. The molecule has 2 aliphatic carbocycles. The van der Waals surface area contributed by atoms with Crippen molar-refractivity contribution in [1.29, 1.82) is 0 Å². The van der Waals surface area contributed by atoms with Crippen LogP contribution in [0.25, 0.3) is 0 Å². The van der Waals surface area contributed by atoms with Crippen LogP contribution in [0.4, 0.5) is 0 Å². The van der Waals surface area contributed by atoms with E-state index in [0.717, 1.165) is 30.7 Å². The molecule has 0 aromatic heterocycles. The molecular weight excluding hydrogens is 404 g/mol. The van der Waals surface area contributed by atoms with E-state index >= 15 is 0 Å². The zero-order chi connectivity index (χ0) is 23.0. The number of rotatable bonds is 3. The fraction of sp³-hybridized carbons (Fsp3) is 0.667. The lowest BCUT2D eigenvalue weighted by Gasteiger charge is -2.36. The molecule has 4 heteroatoms. The molecule has 2 aliphatic rings. The molecule has 0 radical (unpaired) electrons. The summed E-state index contributed by atoms with van der Waals surface area (Å²) in [5.41, 5.74) is 1.82. The van der Waals surface area contributed by atoms with Crippen LogP contribution in [0.3, 0.4) is 0 Å². The highest BCUT2D eigenvalue weighted by Gasteiger charge is 2.46. The average Bonchev–Trinajstić information content (AvgIpc) is 3.04. The Labute approximate surface area is 189 Å². The summed E-state index contributed by atoms with van der Waals surface area (Å²) < 4.78 is 27.0. The molecule has 1 aromatic rings. The van der Waals surface area contributed by atoms with Crippen molar-refractivity contribution in [1.82, 2.24) is 0 Å². The maximum atomic E-state index is 13.5. The summed E-state index contributed by atoms with van der Waals surface area (Å²) in [6.07, 6.45) is 7.87. The number of allylic oxidation sites excluding steroid dienone is 2. The molecular formula is C27H40O3S. The maximum Gasteiger partial charge on any atom is 0.188 e. The number of ketones is 1. The van der Waals surface area contributed by atoms with Crippen LogP contribution in [0, 0.1) is 36.0 Å². The zero-order valence-corrected chi connectivity index (χ0v) is 21.0. The Hall–Kier alpha value is -1.42. The third-order valence-corrected chi connectivity index (χ3v) is 10.3. The SMILES string of the molecule is C/C1=C\C[C@@]2(C)CC[C@H](C(C)C)[C@@H]2CC[C@H](C)C[C@H](S(=O)(=O)c2ccc(C)cc2)C1=O. The Morgan fingerprint density at radius 3 is 2.29 bits per heavy atom. The average molecular weight is 445 g/mol. The van der Waals surface area contributed by atoms with E-state index in [1.165, 1.54) is 12.8 Å². The second-order valence-corrected chi connectivity index (χ2v) is 13.1. The van der Waals surface area contributed by atoms with Crippen molar-refractivity contribution in [3.05, 3.63) is 41.5 Å². The quantitative estimate of drug-likeness (QED) is 0.531. The minimum absolute atomic E-state index is 0.192. The highest BCUT2D eigenvalue weighted by atomic mass is 32.2. The van der Waals surface area contributed by atoms with Crippen molar-refractivity contribution >= 4 is 15.6 Å². The molecule has 0 spiro atoms. The van der Waals surface area contributed by atoms with E-state index in [0.29, 0.717) is 23.8 Å². The van der Waals surface area contributed by atoms with Gasteiger partial charge in [-0.15, -0.1) is 0 Å². The highest BCUT2D eigenvalue weighted by molar-refractivity contribution is 7.92. The minimum atomic E-state index is -3.72. The number of fused-ring (bicyclic) bond motifs is 1. The van der Waals surface area contributed by atoms with Crippen molar-refractivity contribution in [3.8, 4) is 0 Å². The molecule has 0 bridgehead atoms. The lowest BCUT2D eigenvalue weighted by Crippen LogP contribution is -2.33. The second-order valence-electron chi connectivity index (χ2n) is 10.9. The molecule has 5 atom stereocenters. The molecule has 0 unspecified atom stereocenters. The van der Waals surface area contributed by atoms with Gasteiger partial charge in [-0.3, -0.25) is 4.79 Å². The van der Waals surface area contributed by atoms with Gasteiger partial charge >= 0.3 is 0 Å². The van der Waals surface area contributed by atoms with Crippen LogP contribution >= 0.6 is 0 Å². The van der Waals surface area contributed by atoms with E-state index in [9.17, 15) is 13.2 Å².